The Labute approximate surface area is 128 Å². The largest absolute Gasteiger partial charge is 0.326 e. The van der Waals surface area contributed by atoms with Gasteiger partial charge in [0.1, 0.15) is 0 Å². The molecule has 1 nitrogen and oxygen atoms in total. The predicted octanol–water partition coefficient (Wildman–Crippen LogP) is 6.37. The van der Waals surface area contributed by atoms with Crippen molar-refractivity contribution in [1.29, 1.82) is 0 Å². The van der Waals surface area contributed by atoms with Crippen LogP contribution in [0.25, 0.3) is 0 Å². The zero-order chi connectivity index (χ0) is 15.1. The van der Waals surface area contributed by atoms with Crippen molar-refractivity contribution < 1.29 is 0 Å². The zero-order valence-corrected chi connectivity index (χ0v) is 14.4. The fourth-order valence-electron chi connectivity index (χ4n) is 2.46. The summed E-state index contributed by atoms with van der Waals surface area (Å²) < 4.78 is 0. The Balaban J connectivity index is 3.08. The maximum Gasteiger partial charge on any atom is 0.00970 e. The van der Waals surface area contributed by atoms with Gasteiger partial charge in [-0.1, -0.05) is 76.9 Å². The highest BCUT2D eigenvalue weighted by atomic mass is 14.7. The molecular weight excluding hydrogens is 242 g/mol. The number of hydrogen-bond acceptors (Lipinski definition) is 1. The minimum atomic E-state index is 0.0324. The van der Waals surface area contributed by atoms with E-state index in [4.69, 9.17) is 5.73 Å². The van der Waals surface area contributed by atoms with Gasteiger partial charge in [-0.05, 0) is 39.5 Å². The van der Waals surface area contributed by atoms with Crippen LogP contribution in [0.4, 0.5) is 0 Å². The van der Waals surface area contributed by atoms with Gasteiger partial charge >= 0.3 is 0 Å². The van der Waals surface area contributed by atoms with E-state index >= 15 is 0 Å². The Bertz CT molecular complexity index is 212. The summed E-state index contributed by atoms with van der Waals surface area (Å²) in [5, 5.41) is 0. The first-order valence-electron chi connectivity index (χ1n) is 9.00. The molecule has 0 radical (unpaired) electrons. The second-order valence-corrected chi connectivity index (χ2v) is 6.97. The summed E-state index contributed by atoms with van der Waals surface area (Å²) in [6.45, 7) is 6.51. The average molecular weight is 282 g/mol. The van der Waals surface area contributed by atoms with Gasteiger partial charge in [0.05, 0.1) is 0 Å². The molecule has 20 heavy (non-hydrogen) atoms. The number of unbranched alkanes of at least 4 members (excludes halogenated alkanes) is 10. The van der Waals surface area contributed by atoms with Gasteiger partial charge in [0.2, 0.25) is 0 Å². The summed E-state index contributed by atoms with van der Waals surface area (Å²) in [5.74, 6) is 0. The van der Waals surface area contributed by atoms with Crippen LogP contribution in [0.15, 0.2) is 12.2 Å². The van der Waals surface area contributed by atoms with Crippen molar-refractivity contribution >= 4 is 0 Å². The van der Waals surface area contributed by atoms with Gasteiger partial charge < -0.3 is 5.73 Å². The van der Waals surface area contributed by atoms with Gasteiger partial charge in [-0.2, -0.15) is 0 Å². The SMILES string of the molecule is CCCCC=CCCCCCCCCCCC(C)(C)N. The van der Waals surface area contributed by atoms with Gasteiger partial charge in [0.15, 0.2) is 0 Å². The van der Waals surface area contributed by atoms with E-state index in [0.717, 1.165) is 6.42 Å². The molecule has 0 aliphatic carbocycles. The van der Waals surface area contributed by atoms with Gasteiger partial charge in [0, 0.05) is 5.54 Å². The Hall–Kier alpha value is -0.300. The Morgan fingerprint density at radius 2 is 1.15 bits per heavy atom. The van der Waals surface area contributed by atoms with E-state index in [9.17, 15) is 0 Å². The van der Waals surface area contributed by atoms with Crippen molar-refractivity contribution in [1.82, 2.24) is 0 Å². The number of allylic oxidation sites excluding steroid dienone is 2. The van der Waals surface area contributed by atoms with Crippen LogP contribution in [-0.4, -0.2) is 5.54 Å². The molecule has 120 valence electrons. The summed E-state index contributed by atoms with van der Waals surface area (Å²) in [6, 6.07) is 0. The van der Waals surface area contributed by atoms with Crippen LogP contribution in [0.3, 0.4) is 0 Å². The lowest BCUT2D eigenvalue weighted by Gasteiger charge is -2.17. The minimum absolute atomic E-state index is 0.0324. The molecule has 0 spiro atoms. The third-order valence-electron chi connectivity index (χ3n) is 3.83. The van der Waals surface area contributed by atoms with E-state index in [2.05, 4.69) is 32.9 Å². The van der Waals surface area contributed by atoms with Crippen molar-refractivity contribution in [3.63, 3.8) is 0 Å². The lowest BCUT2D eigenvalue weighted by molar-refractivity contribution is 0.440. The Morgan fingerprint density at radius 1 is 0.700 bits per heavy atom. The molecule has 0 aliphatic rings. The lowest BCUT2D eigenvalue weighted by atomic mass is 9.97. The molecule has 0 bridgehead atoms. The topological polar surface area (TPSA) is 26.0 Å². The molecule has 0 atom stereocenters. The number of rotatable bonds is 14. The number of hydrogen-bond donors (Lipinski definition) is 1. The van der Waals surface area contributed by atoms with E-state index in [0.29, 0.717) is 0 Å². The summed E-state index contributed by atoms with van der Waals surface area (Å²) in [6.07, 6.45) is 22.2. The molecule has 0 saturated carbocycles. The molecule has 0 fully saturated rings. The van der Waals surface area contributed by atoms with Crippen LogP contribution in [0, 0.1) is 0 Å². The summed E-state index contributed by atoms with van der Waals surface area (Å²) >= 11 is 0. The molecule has 0 aliphatic heterocycles. The van der Waals surface area contributed by atoms with Crippen LogP contribution in [0.2, 0.25) is 0 Å². The molecular formula is C19H39N. The van der Waals surface area contributed by atoms with E-state index in [-0.39, 0.29) is 5.54 Å². The van der Waals surface area contributed by atoms with Crippen LogP contribution < -0.4 is 5.73 Å². The lowest BCUT2D eigenvalue weighted by Crippen LogP contribution is -2.31. The van der Waals surface area contributed by atoms with E-state index in [1.54, 1.807) is 0 Å². The zero-order valence-electron chi connectivity index (χ0n) is 14.4. The van der Waals surface area contributed by atoms with Crippen molar-refractivity contribution in [2.75, 3.05) is 0 Å². The molecule has 1 heteroatoms. The third kappa shape index (κ3) is 17.7. The fourth-order valence-corrected chi connectivity index (χ4v) is 2.46. The van der Waals surface area contributed by atoms with Gasteiger partial charge in [0.25, 0.3) is 0 Å². The van der Waals surface area contributed by atoms with Crippen LogP contribution in [-0.2, 0) is 0 Å². The molecule has 0 unspecified atom stereocenters. The molecule has 0 aromatic carbocycles. The normalized spacial score (nSPS) is 12.4. The molecule has 2 N–H and O–H groups in total. The van der Waals surface area contributed by atoms with Gasteiger partial charge in [-0.25, -0.2) is 0 Å². The van der Waals surface area contributed by atoms with Crippen LogP contribution in [0.1, 0.15) is 104 Å². The van der Waals surface area contributed by atoms with Crippen molar-refractivity contribution in [2.45, 2.75) is 110 Å². The predicted molar refractivity (Wildman–Crippen MR) is 93.1 cm³/mol. The third-order valence-corrected chi connectivity index (χ3v) is 3.83. The molecule has 0 aromatic heterocycles. The molecule has 0 amide bonds. The Kier molecular flexibility index (Phi) is 13.5. The standard InChI is InChI=1S/C19H39N/c1-4-5-6-7-8-9-10-11-12-13-14-15-16-17-18-19(2,3)20/h7-8H,4-6,9-18,20H2,1-3H3. The van der Waals surface area contributed by atoms with E-state index in [1.807, 2.05) is 0 Å². The highest BCUT2D eigenvalue weighted by Crippen LogP contribution is 2.14. The second kappa shape index (κ2) is 13.7. The van der Waals surface area contributed by atoms with Crippen molar-refractivity contribution in [3.8, 4) is 0 Å². The molecule has 0 aromatic rings. The quantitative estimate of drug-likeness (QED) is 0.290. The molecule has 0 rings (SSSR count). The number of nitrogens with two attached hydrogens (primary N) is 1. The first-order chi connectivity index (χ1) is 9.56. The first-order valence-corrected chi connectivity index (χ1v) is 9.00. The van der Waals surface area contributed by atoms with Crippen molar-refractivity contribution in [2.24, 2.45) is 5.73 Å². The minimum Gasteiger partial charge on any atom is -0.326 e. The highest BCUT2D eigenvalue weighted by molar-refractivity contribution is 4.81. The fraction of sp³-hybridized carbons (Fsp3) is 0.895. The second-order valence-electron chi connectivity index (χ2n) is 6.97. The maximum absolute atomic E-state index is 5.98. The molecule has 0 saturated heterocycles. The summed E-state index contributed by atoms with van der Waals surface area (Å²) in [4.78, 5) is 0. The Morgan fingerprint density at radius 3 is 1.65 bits per heavy atom. The summed E-state index contributed by atoms with van der Waals surface area (Å²) in [7, 11) is 0. The maximum atomic E-state index is 5.98. The van der Waals surface area contributed by atoms with Gasteiger partial charge in [-0.15, -0.1) is 0 Å². The van der Waals surface area contributed by atoms with E-state index in [1.165, 1.54) is 77.0 Å². The van der Waals surface area contributed by atoms with E-state index < -0.39 is 0 Å². The summed E-state index contributed by atoms with van der Waals surface area (Å²) in [5.41, 5.74) is 6.01. The molecule has 0 heterocycles. The van der Waals surface area contributed by atoms with Gasteiger partial charge in [-0.3, -0.25) is 0 Å². The smallest absolute Gasteiger partial charge is 0.00970 e. The first kappa shape index (κ1) is 19.7. The monoisotopic (exact) mass is 281 g/mol. The van der Waals surface area contributed by atoms with Crippen LogP contribution >= 0.6 is 0 Å². The van der Waals surface area contributed by atoms with Crippen molar-refractivity contribution in [3.05, 3.63) is 12.2 Å². The van der Waals surface area contributed by atoms with Crippen LogP contribution in [0.5, 0.6) is 0 Å². The average Bonchev–Trinajstić information content (AvgIpc) is 2.38. The highest BCUT2D eigenvalue weighted by Gasteiger charge is 2.08.